The van der Waals surface area contributed by atoms with Crippen LogP contribution in [0.25, 0.3) is 22.2 Å². The molecule has 5 aliphatic rings. The summed E-state index contributed by atoms with van der Waals surface area (Å²) in [7, 11) is 0. The molecule has 4 fully saturated rings. The topological polar surface area (TPSA) is 108 Å². The summed E-state index contributed by atoms with van der Waals surface area (Å²) >= 11 is 0. The van der Waals surface area contributed by atoms with Crippen molar-refractivity contribution in [1.82, 2.24) is 24.7 Å². The number of fused-ring (bicyclic) bond motifs is 4. The van der Waals surface area contributed by atoms with Crippen molar-refractivity contribution >= 4 is 28.9 Å². The molecule has 3 unspecified atom stereocenters. The predicted molar refractivity (Wildman–Crippen MR) is 160 cm³/mol. The van der Waals surface area contributed by atoms with Gasteiger partial charge in [-0.2, -0.15) is 0 Å². The Balaban J connectivity index is 1.27. The maximum atomic E-state index is 13.7. The Kier molecular flexibility index (Phi) is 6.72. The standard InChI is InChI=1S/C33H39N5O5/c1-19-13-34-30-25(19)12-22(14-35-30)21-9-20-5-6-36(31(40)37-15-23-10-24(16-37)29(23)39)17-27(20)26(11-21)28-18-42-8-7-38(28)32(41)43-33(2,3)4/h9,11-14,23-24,28H,5-8,10,15-18H2,1-4H3,(H,34,35). The van der Waals surface area contributed by atoms with Crippen LogP contribution in [0.4, 0.5) is 9.59 Å². The van der Waals surface area contributed by atoms with Gasteiger partial charge in [-0.05, 0) is 80.5 Å². The lowest BCUT2D eigenvalue weighted by atomic mass is 9.70. The molecule has 3 saturated heterocycles. The van der Waals surface area contributed by atoms with E-state index >= 15 is 0 Å². The third kappa shape index (κ3) is 5.05. The first-order valence-electron chi connectivity index (χ1n) is 15.3. The Morgan fingerprint density at radius 3 is 2.60 bits per heavy atom. The molecule has 10 nitrogen and oxygen atoms in total. The van der Waals surface area contributed by atoms with Gasteiger partial charge in [0.15, 0.2) is 0 Å². The zero-order chi connectivity index (χ0) is 30.0. The van der Waals surface area contributed by atoms with Crippen molar-refractivity contribution in [3.05, 3.63) is 52.8 Å². The predicted octanol–water partition coefficient (Wildman–Crippen LogP) is 4.85. The first kappa shape index (κ1) is 27.9. The van der Waals surface area contributed by atoms with Crippen LogP contribution in [0, 0.1) is 18.8 Å². The van der Waals surface area contributed by atoms with Gasteiger partial charge in [-0.1, -0.05) is 6.07 Å². The number of amides is 3. The number of aryl methyl sites for hydroxylation is 1. The molecule has 3 atom stereocenters. The Labute approximate surface area is 251 Å². The highest BCUT2D eigenvalue weighted by atomic mass is 16.6. The number of benzene rings is 1. The molecule has 10 heteroatoms. The minimum Gasteiger partial charge on any atom is -0.444 e. The molecule has 6 heterocycles. The number of nitrogens with zero attached hydrogens (tertiary/aromatic N) is 4. The third-order valence-corrected chi connectivity index (χ3v) is 9.36. The van der Waals surface area contributed by atoms with E-state index in [9.17, 15) is 14.4 Å². The minimum absolute atomic E-state index is 0.00529. The molecule has 4 aliphatic heterocycles. The van der Waals surface area contributed by atoms with Crippen LogP contribution in [0.5, 0.6) is 0 Å². The number of carbonyl (C=O) groups is 3. The summed E-state index contributed by atoms with van der Waals surface area (Å²) in [5.41, 5.74) is 6.55. The SMILES string of the molecule is Cc1c[nH]c2ncc(-c3cc4c(c(C5COCCN5C(=O)OC(C)(C)C)c3)CN(C(=O)N3CC5CC(C3)C5=O)CC4)cc12. The zero-order valence-electron chi connectivity index (χ0n) is 25.3. The molecule has 0 spiro atoms. The average molecular weight is 586 g/mol. The fourth-order valence-corrected chi connectivity index (χ4v) is 7.06. The van der Waals surface area contributed by atoms with Crippen molar-refractivity contribution in [3.63, 3.8) is 0 Å². The van der Waals surface area contributed by atoms with Gasteiger partial charge in [0.2, 0.25) is 0 Å². The van der Waals surface area contributed by atoms with Crippen molar-refractivity contribution in [2.45, 2.75) is 58.7 Å². The molecule has 1 aromatic carbocycles. The van der Waals surface area contributed by atoms with E-state index in [2.05, 4.69) is 35.1 Å². The number of hydrogen-bond donors (Lipinski definition) is 1. The molecular weight excluding hydrogens is 546 g/mol. The molecule has 3 aromatic rings. The molecule has 2 bridgehead atoms. The van der Waals surface area contributed by atoms with Crippen molar-refractivity contribution in [3.8, 4) is 11.1 Å². The smallest absolute Gasteiger partial charge is 0.410 e. The van der Waals surface area contributed by atoms with Crippen molar-refractivity contribution in [1.29, 1.82) is 0 Å². The number of ketones is 1. The molecule has 43 heavy (non-hydrogen) atoms. The molecule has 2 aromatic heterocycles. The molecule has 1 saturated carbocycles. The van der Waals surface area contributed by atoms with E-state index < -0.39 is 5.60 Å². The van der Waals surface area contributed by atoms with E-state index in [-0.39, 0.29) is 30.0 Å². The van der Waals surface area contributed by atoms with Crippen LogP contribution >= 0.6 is 0 Å². The highest BCUT2D eigenvalue weighted by Crippen LogP contribution is 2.39. The van der Waals surface area contributed by atoms with E-state index in [0.29, 0.717) is 58.1 Å². The lowest BCUT2D eigenvalue weighted by Crippen LogP contribution is -2.60. The van der Waals surface area contributed by atoms with Crippen LogP contribution in [-0.4, -0.2) is 87.6 Å². The Bertz CT molecular complexity index is 1610. The summed E-state index contributed by atoms with van der Waals surface area (Å²) in [5, 5.41) is 1.07. The van der Waals surface area contributed by atoms with Crippen LogP contribution in [0.2, 0.25) is 0 Å². The summed E-state index contributed by atoms with van der Waals surface area (Å²) in [6, 6.07) is 6.14. The zero-order valence-corrected chi connectivity index (χ0v) is 25.3. The van der Waals surface area contributed by atoms with Gasteiger partial charge in [0.05, 0.1) is 19.3 Å². The number of Topliss-reactive ketones (excluding diaryl/α,β-unsaturated/α-hetero) is 1. The first-order valence-corrected chi connectivity index (χ1v) is 15.3. The maximum Gasteiger partial charge on any atom is 0.410 e. The second kappa shape index (κ2) is 10.4. The molecular formula is C33H39N5O5. The maximum absolute atomic E-state index is 13.7. The van der Waals surface area contributed by atoms with Crippen LogP contribution in [0.3, 0.4) is 0 Å². The molecule has 1 aliphatic carbocycles. The molecule has 3 amide bonds. The number of urea groups is 1. The first-order chi connectivity index (χ1) is 20.6. The van der Waals surface area contributed by atoms with Crippen LogP contribution in [0.15, 0.2) is 30.6 Å². The molecule has 226 valence electrons. The Morgan fingerprint density at radius 1 is 1.07 bits per heavy atom. The van der Waals surface area contributed by atoms with Crippen LogP contribution in [0.1, 0.15) is 55.5 Å². The van der Waals surface area contributed by atoms with E-state index in [0.717, 1.165) is 50.8 Å². The minimum atomic E-state index is -0.629. The summed E-state index contributed by atoms with van der Waals surface area (Å²) in [4.78, 5) is 52.7. The number of nitrogens with one attached hydrogen (secondary N) is 1. The Hall–Kier alpha value is -3.92. The van der Waals surface area contributed by atoms with E-state index in [1.165, 1.54) is 0 Å². The van der Waals surface area contributed by atoms with Crippen LogP contribution in [-0.2, 0) is 27.2 Å². The van der Waals surface area contributed by atoms with Crippen molar-refractivity contribution in [2.24, 2.45) is 11.8 Å². The second-order valence-electron chi connectivity index (χ2n) is 13.5. The van der Waals surface area contributed by atoms with E-state index in [4.69, 9.17) is 9.47 Å². The van der Waals surface area contributed by atoms with Gasteiger partial charge in [0.25, 0.3) is 0 Å². The number of H-pyrrole nitrogens is 1. The number of pyridine rings is 1. The number of aromatic nitrogens is 2. The number of rotatable bonds is 2. The fourth-order valence-electron chi connectivity index (χ4n) is 7.06. The highest BCUT2D eigenvalue weighted by Gasteiger charge is 2.47. The lowest BCUT2D eigenvalue weighted by Gasteiger charge is -2.47. The van der Waals surface area contributed by atoms with Gasteiger partial charge in [-0.15, -0.1) is 0 Å². The van der Waals surface area contributed by atoms with Gasteiger partial charge in [0.1, 0.15) is 17.0 Å². The Morgan fingerprint density at radius 2 is 1.86 bits per heavy atom. The van der Waals surface area contributed by atoms with Gasteiger partial charge < -0.3 is 24.3 Å². The molecule has 1 N–H and O–H groups in total. The van der Waals surface area contributed by atoms with Crippen LogP contribution < -0.4 is 0 Å². The average Bonchev–Trinajstić information content (AvgIpc) is 3.38. The number of hydrogen-bond acceptors (Lipinski definition) is 6. The number of morpholine rings is 1. The fraction of sp³-hybridized carbons (Fsp3) is 0.515. The second-order valence-corrected chi connectivity index (χ2v) is 13.5. The summed E-state index contributed by atoms with van der Waals surface area (Å²) in [5.74, 6) is 0.300. The highest BCUT2D eigenvalue weighted by molar-refractivity contribution is 5.92. The van der Waals surface area contributed by atoms with Crippen molar-refractivity contribution in [2.75, 3.05) is 39.4 Å². The quantitative estimate of drug-likeness (QED) is 0.461. The van der Waals surface area contributed by atoms with Gasteiger partial charge in [0, 0.05) is 67.9 Å². The molecule has 8 rings (SSSR count). The number of piperidine rings is 2. The number of ether oxygens (including phenoxy) is 2. The van der Waals surface area contributed by atoms with Gasteiger partial charge in [-0.3, -0.25) is 9.69 Å². The van der Waals surface area contributed by atoms with Gasteiger partial charge in [-0.25, -0.2) is 14.6 Å². The van der Waals surface area contributed by atoms with Gasteiger partial charge >= 0.3 is 12.1 Å². The summed E-state index contributed by atoms with van der Waals surface area (Å²) < 4.78 is 11.8. The monoisotopic (exact) mass is 585 g/mol. The summed E-state index contributed by atoms with van der Waals surface area (Å²) in [6.45, 7) is 10.9. The largest absolute Gasteiger partial charge is 0.444 e. The normalized spacial score (nSPS) is 23.7. The number of aromatic amines is 1. The third-order valence-electron chi connectivity index (χ3n) is 9.36. The lowest BCUT2D eigenvalue weighted by molar-refractivity contribution is -0.141. The number of carbonyl (C=O) groups excluding carboxylic acids is 3. The summed E-state index contributed by atoms with van der Waals surface area (Å²) in [6.07, 6.45) is 5.08. The van der Waals surface area contributed by atoms with E-state index in [1.54, 1.807) is 4.90 Å². The van der Waals surface area contributed by atoms with Crippen molar-refractivity contribution < 1.29 is 23.9 Å². The molecule has 0 radical (unpaired) electrons. The van der Waals surface area contributed by atoms with E-state index in [1.807, 2.05) is 43.0 Å².